The van der Waals surface area contributed by atoms with Gasteiger partial charge in [-0.05, 0) is 42.4 Å². The molecule has 0 aliphatic heterocycles. The SMILES string of the molecule is CC(C)(C)c1ccc(-n2ncc3c2CCC[C@H]3NC(=O)CCn2cncn2)cc1. The molecule has 7 heteroatoms. The highest BCUT2D eigenvalue weighted by atomic mass is 16.1. The van der Waals surface area contributed by atoms with Gasteiger partial charge in [0, 0.05) is 17.7 Å². The summed E-state index contributed by atoms with van der Waals surface area (Å²) in [5.41, 5.74) is 4.83. The number of nitrogens with zero attached hydrogens (tertiary/aromatic N) is 5. The summed E-state index contributed by atoms with van der Waals surface area (Å²) >= 11 is 0. The number of aryl methyl sites for hydroxylation is 1. The van der Waals surface area contributed by atoms with E-state index < -0.39 is 0 Å². The molecule has 1 amide bonds. The highest BCUT2D eigenvalue weighted by Gasteiger charge is 2.26. The van der Waals surface area contributed by atoms with Crippen molar-refractivity contribution in [1.82, 2.24) is 29.9 Å². The Kier molecular flexibility index (Phi) is 5.22. The number of fused-ring (bicyclic) bond motifs is 1. The van der Waals surface area contributed by atoms with Crippen LogP contribution in [0.15, 0.2) is 43.1 Å². The van der Waals surface area contributed by atoms with Crippen LogP contribution in [0.5, 0.6) is 0 Å². The van der Waals surface area contributed by atoms with Crippen LogP contribution >= 0.6 is 0 Å². The molecule has 2 heterocycles. The van der Waals surface area contributed by atoms with Crippen LogP contribution < -0.4 is 5.32 Å². The maximum atomic E-state index is 12.4. The molecule has 152 valence electrons. The molecule has 1 aliphatic carbocycles. The Morgan fingerprint density at radius 2 is 2.00 bits per heavy atom. The van der Waals surface area contributed by atoms with Crippen LogP contribution in [0.2, 0.25) is 0 Å². The average molecular weight is 393 g/mol. The Morgan fingerprint density at radius 3 is 2.69 bits per heavy atom. The lowest BCUT2D eigenvalue weighted by Gasteiger charge is -2.24. The lowest BCUT2D eigenvalue weighted by molar-refractivity contribution is -0.122. The van der Waals surface area contributed by atoms with Crippen LogP contribution in [0.4, 0.5) is 0 Å². The molecule has 1 aliphatic rings. The van der Waals surface area contributed by atoms with Gasteiger partial charge in [0.05, 0.1) is 24.5 Å². The van der Waals surface area contributed by atoms with Crippen molar-refractivity contribution in [2.45, 2.75) is 64.5 Å². The molecule has 0 radical (unpaired) electrons. The lowest BCUT2D eigenvalue weighted by Crippen LogP contribution is -2.31. The summed E-state index contributed by atoms with van der Waals surface area (Å²) in [6, 6.07) is 8.64. The number of benzene rings is 1. The molecule has 1 aromatic carbocycles. The molecule has 0 unspecified atom stereocenters. The molecule has 0 bridgehead atoms. The Hall–Kier alpha value is -2.96. The van der Waals surface area contributed by atoms with Gasteiger partial charge >= 0.3 is 0 Å². The average Bonchev–Trinajstić information content (AvgIpc) is 3.36. The molecular formula is C22H28N6O. The van der Waals surface area contributed by atoms with Crippen LogP contribution in [0.1, 0.15) is 62.9 Å². The van der Waals surface area contributed by atoms with Gasteiger partial charge in [0.2, 0.25) is 5.91 Å². The standard InChI is InChI=1S/C22H28N6O/c1-22(2,3)16-7-9-17(10-8-16)28-20-6-4-5-19(18(20)13-24-28)26-21(29)11-12-27-15-23-14-25-27/h7-10,13-15,19H,4-6,11-12H2,1-3H3,(H,26,29)/t19-/m1/s1. The molecule has 3 aromatic rings. The van der Waals surface area contributed by atoms with E-state index in [0.717, 1.165) is 30.5 Å². The first-order valence-electron chi connectivity index (χ1n) is 10.2. The highest BCUT2D eigenvalue weighted by molar-refractivity contribution is 5.76. The van der Waals surface area contributed by atoms with Crippen LogP contribution in [0.25, 0.3) is 5.69 Å². The summed E-state index contributed by atoms with van der Waals surface area (Å²) in [7, 11) is 0. The molecular weight excluding hydrogens is 364 g/mol. The van der Waals surface area contributed by atoms with E-state index in [2.05, 4.69) is 65.5 Å². The van der Waals surface area contributed by atoms with Gasteiger partial charge in [0.1, 0.15) is 12.7 Å². The lowest BCUT2D eigenvalue weighted by atomic mass is 9.87. The quantitative estimate of drug-likeness (QED) is 0.722. The van der Waals surface area contributed by atoms with E-state index in [1.165, 1.54) is 17.6 Å². The maximum absolute atomic E-state index is 12.4. The van der Waals surface area contributed by atoms with E-state index in [-0.39, 0.29) is 17.4 Å². The molecule has 2 aromatic heterocycles. The second kappa shape index (κ2) is 7.81. The topological polar surface area (TPSA) is 77.6 Å². The van der Waals surface area contributed by atoms with Crippen LogP contribution in [-0.4, -0.2) is 30.5 Å². The molecule has 0 saturated heterocycles. The first-order valence-corrected chi connectivity index (χ1v) is 10.2. The molecule has 0 fully saturated rings. The van der Waals surface area contributed by atoms with Crippen molar-refractivity contribution in [3.63, 3.8) is 0 Å². The molecule has 4 rings (SSSR count). The second-order valence-corrected chi connectivity index (χ2v) is 8.68. The summed E-state index contributed by atoms with van der Waals surface area (Å²) in [6.07, 6.45) is 8.35. The molecule has 7 nitrogen and oxygen atoms in total. The van der Waals surface area contributed by atoms with Crippen LogP contribution in [-0.2, 0) is 23.2 Å². The number of nitrogens with one attached hydrogen (secondary N) is 1. The largest absolute Gasteiger partial charge is 0.349 e. The van der Waals surface area contributed by atoms with Crippen molar-refractivity contribution in [1.29, 1.82) is 0 Å². The summed E-state index contributed by atoms with van der Waals surface area (Å²) in [5, 5.41) is 11.9. The van der Waals surface area contributed by atoms with Crippen molar-refractivity contribution in [3.05, 3.63) is 59.9 Å². The predicted octanol–water partition coefficient (Wildman–Crippen LogP) is 3.35. The van der Waals surface area contributed by atoms with Crippen molar-refractivity contribution in [2.75, 3.05) is 0 Å². The molecule has 0 spiro atoms. The van der Waals surface area contributed by atoms with E-state index in [1.54, 1.807) is 11.0 Å². The number of hydrogen-bond donors (Lipinski definition) is 1. The third-order valence-electron chi connectivity index (χ3n) is 5.53. The number of amides is 1. The number of rotatable bonds is 5. The minimum Gasteiger partial charge on any atom is -0.349 e. The van der Waals surface area contributed by atoms with E-state index >= 15 is 0 Å². The molecule has 1 atom stereocenters. The van der Waals surface area contributed by atoms with E-state index in [1.807, 2.05) is 10.9 Å². The zero-order valence-electron chi connectivity index (χ0n) is 17.3. The van der Waals surface area contributed by atoms with E-state index in [9.17, 15) is 4.79 Å². The Balaban J connectivity index is 1.48. The number of carbonyl (C=O) groups excluding carboxylic acids is 1. The van der Waals surface area contributed by atoms with Crippen molar-refractivity contribution in [2.24, 2.45) is 0 Å². The summed E-state index contributed by atoms with van der Waals surface area (Å²) in [6.45, 7) is 7.18. The van der Waals surface area contributed by atoms with Gasteiger partial charge in [-0.3, -0.25) is 9.48 Å². The minimum atomic E-state index is 0.0181. The summed E-state index contributed by atoms with van der Waals surface area (Å²) in [4.78, 5) is 16.3. The van der Waals surface area contributed by atoms with Gasteiger partial charge < -0.3 is 5.32 Å². The first-order chi connectivity index (χ1) is 13.9. The Labute approximate surface area is 171 Å². The highest BCUT2D eigenvalue weighted by Crippen LogP contribution is 2.31. The maximum Gasteiger partial charge on any atom is 0.222 e. The van der Waals surface area contributed by atoms with Gasteiger partial charge in [-0.25, -0.2) is 9.67 Å². The second-order valence-electron chi connectivity index (χ2n) is 8.68. The minimum absolute atomic E-state index is 0.0181. The van der Waals surface area contributed by atoms with E-state index in [0.29, 0.717) is 13.0 Å². The van der Waals surface area contributed by atoms with Gasteiger partial charge in [-0.1, -0.05) is 32.9 Å². The summed E-state index contributed by atoms with van der Waals surface area (Å²) in [5.74, 6) is 0.0284. The van der Waals surface area contributed by atoms with Crippen molar-refractivity contribution < 1.29 is 4.79 Å². The van der Waals surface area contributed by atoms with Gasteiger partial charge in [-0.15, -0.1) is 0 Å². The Morgan fingerprint density at radius 1 is 1.21 bits per heavy atom. The predicted molar refractivity (Wildman–Crippen MR) is 111 cm³/mol. The number of carbonyl (C=O) groups is 1. The van der Waals surface area contributed by atoms with Crippen LogP contribution in [0.3, 0.4) is 0 Å². The zero-order valence-corrected chi connectivity index (χ0v) is 17.3. The zero-order chi connectivity index (χ0) is 20.4. The first kappa shape index (κ1) is 19.4. The smallest absolute Gasteiger partial charge is 0.222 e. The number of hydrogen-bond acceptors (Lipinski definition) is 4. The third-order valence-corrected chi connectivity index (χ3v) is 5.53. The summed E-state index contributed by atoms with van der Waals surface area (Å²) < 4.78 is 3.70. The molecule has 0 saturated carbocycles. The normalized spacial score (nSPS) is 16.4. The molecule has 29 heavy (non-hydrogen) atoms. The van der Waals surface area contributed by atoms with Gasteiger partial charge in [0.15, 0.2) is 0 Å². The number of aromatic nitrogens is 5. The molecule has 1 N–H and O–H groups in total. The third kappa shape index (κ3) is 4.23. The fraction of sp³-hybridized carbons (Fsp3) is 0.455. The van der Waals surface area contributed by atoms with Gasteiger partial charge in [0.25, 0.3) is 0 Å². The van der Waals surface area contributed by atoms with Gasteiger partial charge in [-0.2, -0.15) is 10.2 Å². The van der Waals surface area contributed by atoms with Crippen molar-refractivity contribution in [3.8, 4) is 5.69 Å². The van der Waals surface area contributed by atoms with Crippen molar-refractivity contribution >= 4 is 5.91 Å². The Bertz CT molecular complexity index is 966. The van der Waals surface area contributed by atoms with E-state index in [4.69, 9.17) is 0 Å². The fourth-order valence-corrected chi connectivity index (χ4v) is 3.86. The van der Waals surface area contributed by atoms with Crippen LogP contribution in [0, 0.1) is 0 Å². The monoisotopic (exact) mass is 392 g/mol. The fourth-order valence-electron chi connectivity index (χ4n) is 3.86.